The molecule has 6 nitrogen and oxygen atoms in total. The monoisotopic (exact) mass is 329 g/mol. The van der Waals surface area contributed by atoms with Gasteiger partial charge in [0.15, 0.2) is 0 Å². The Bertz CT molecular complexity index is 540. The van der Waals surface area contributed by atoms with Crippen molar-refractivity contribution >= 4 is 25.0 Å². The van der Waals surface area contributed by atoms with Crippen molar-refractivity contribution in [3.05, 3.63) is 12.2 Å². The Kier molecular flexibility index (Phi) is 4.97. The number of aliphatic hydroxyl groups is 2. The zero-order valence-corrected chi connectivity index (χ0v) is 14.1. The highest BCUT2D eigenvalue weighted by Gasteiger charge is 2.48. The fourth-order valence-electron chi connectivity index (χ4n) is 2.75. The zero-order chi connectivity index (χ0) is 16.7. The van der Waals surface area contributed by atoms with E-state index in [0.717, 1.165) is 11.1 Å². The molecule has 0 bridgehead atoms. The summed E-state index contributed by atoms with van der Waals surface area (Å²) in [5.74, 6) is -1.57. The zero-order valence-electron chi connectivity index (χ0n) is 13.2. The molecule has 2 aliphatic rings. The molecule has 124 valence electrons. The van der Waals surface area contributed by atoms with Crippen LogP contribution in [0.25, 0.3) is 0 Å². The lowest BCUT2D eigenvalue weighted by Crippen LogP contribution is -2.47. The van der Waals surface area contributed by atoms with Gasteiger partial charge < -0.3 is 14.9 Å². The number of rotatable bonds is 4. The van der Waals surface area contributed by atoms with Gasteiger partial charge >= 0.3 is 0 Å². The number of carbonyl (C=O) groups excluding carboxylic acids is 2. The molecule has 0 aliphatic carbocycles. The van der Waals surface area contributed by atoms with Crippen LogP contribution >= 0.6 is 6.89 Å². The third-order valence-corrected chi connectivity index (χ3v) is 5.63. The van der Waals surface area contributed by atoms with Crippen molar-refractivity contribution in [1.82, 2.24) is 4.90 Å². The Labute approximate surface area is 130 Å². The molecule has 0 radical (unpaired) electrons. The third kappa shape index (κ3) is 3.51. The summed E-state index contributed by atoms with van der Waals surface area (Å²) < 4.78 is 5.75. The van der Waals surface area contributed by atoms with E-state index >= 15 is 0 Å². The molecule has 0 saturated carbocycles. The van der Waals surface area contributed by atoms with E-state index in [1.54, 1.807) is 0 Å². The molecule has 1 saturated heterocycles. The highest BCUT2D eigenvalue weighted by Crippen LogP contribution is 2.39. The fraction of sp³-hybridized carbons (Fsp3) is 0.667. The molecule has 2 heterocycles. The molecule has 0 spiro atoms. The quantitative estimate of drug-likeness (QED) is 0.548. The number of nitrogens with zero attached hydrogens (tertiary/aromatic N) is 1. The van der Waals surface area contributed by atoms with Gasteiger partial charge in [-0.1, -0.05) is 6.08 Å². The van der Waals surface area contributed by atoms with Gasteiger partial charge in [0, 0.05) is 13.1 Å². The molecule has 2 N–H and O–H groups in total. The summed E-state index contributed by atoms with van der Waals surface area (Å²) in [5, 5.41) is 20.4. The first kappa shape index (κ1) is 17.4. The van der Waals surface area contributed by atoms with Crippen molar-refractivity contribution in [3.8, 4) is 0 Å². The van der Waals surface area contributed by atoms with Crippen molar-refractivity contribution in [1.29, 1.82) is 0 Å². The van der Waals surface area contributed by atoms with E-state index in [9.17, 15) is 19.8 Å². The topological polar surface area (TPSA) is 87.1 Å². The summed E-state index contributed by atoms with van der Waals surface area (Å²) in [7, 11) is 1.40. The SMILES string of the molecule is C=P(C)(C)CC[C@H]1O[C@@H](C2C=CC(=O)N(C)C2=O)[C@H](O)[C@@H]1O. The van der Waals surface area contributed by atoms with Gasteiger partial charge in [0.1, 0.15) is 18.3 Å². The Morgan fingerprint density at radius 1 is 1.32 bits per heavy atom. The predicted octanol–water partition coefficient (Wildman–Crippen LogP) is -0.254. The molecule has 1 unspecified atom stereocenters. The minimum Gasteiger partial charge on any atom is -0.388 e. The first-order valence-corrected chi connectivity index (χ1v) is 10.4. The maximum atomic E-state index is 12.2. The average Bonchev–Trinajstić information content (AvgIpc) is 2.70. The molecular weight excluding hydrogens is 305 g/mol. The van der Waals surface area contributed by atoms with Gasteiger partial charge in [0.05, 0.1) is 12.0 Å². The van der Waals surface area contributed by atoms with Crippen molar-refractivity contribution in [2.45, 2.75) is 30.8 Å². The summed E-state index contributed by atoms with van der Waals surface area (Å²) in [6.07, 6.45) is 4.79. The van der Waals surface area contributed by atoms with E-state index < -0.39 is 49.0 Å². The van der Waals surface area contributed by atoms with E-state index in [-0.39, 0.29) is 0 Å². The van der Waals surface area contributed by atoms with E-state index in [1.807, 2.05) is 0 Å². The first-order chi connectivity index (χ1) is 10.1. The summed E-state index contributed by atoms with van der Waals surface area (Å²) in [4.78, 5) is 24.6. The number of ether oxygens (including phenoxy) is 1. The van der Waals surface area contributed by atoms with Crippen LogP contribution in [-0.4, -0.2) is 84.2 Å². The first-order valence-electron chi connectivity index (χ1n) is 7.30. The predicted molar refractivity (Wildman–Crippen MR) is 86.5 cm³/mol. The minimum absolute atomic E-state index is 0.394. The van der Waals surface area contributed by atoms with Crippen LogP contribution in [0.1, 0.15) is 6.42 Å². The lowest BCUT2D eigenvalue weighted by molar-refractivity contribution is -0.147. The number of hydrogen-bond acceptors (Lipinski definition) is 5. The molecule has 0 aromatic carbocycles. The highest BCUT2D eigenvalue weighted by molar-refractivity contribution is 7.72. The van der Waals surface area contributed by atoms with Gasteiger partial charge in [-0.05, 0) is 25.9 Å². The Balaban J connectivity index is 2.10. The van der Waals surface area contributed by atoms with Crippen LogP contribution in [0.5, 0.6) is 0 Å². The van der Waals surface area contributed by atoms with Crippen LogP contribution in [-0.2, 0) is 14.3 Å². The Hall–Kier alpha value is -0.940. The second-order valence-corrected chi connectivity index (χ2v) is 11.0. The maximum absolute atomic E-state index is 12.2. The molecule has 0 aromatic heterocycles. The molecule has 2 aliphatic heterocycles. The van der Waals surface area contributed by atoms with E-state index in [4.69, 9.17) is 4.74 Å². The van der Waals surface area contributed by atoms with Crippen LogP contribution in [0, 0.1) is 5.92 Å². The molecule has 2 amide bonds. The maximum Gasteiger partial charge on any atom is 0.252 e. The molecule has 5 atom stereocenters. The van der Waals surface area contributed by atoms with Crippen molar-refractivity contribution < 1.29 is 24.5 Å². The van der Waals surface area contributed by atoms with Crippen LogP contribution in [0.2, 0.25) is 0 Å². The summed E-state index contributed by atoms with van der Waals surface area (Å²) in [5.41, 5.74) is 0. The number of amides is 2. The average molecular weight is 329 g/mol. The van der Waals surface area contributed by atoms with Gasteiger partial charge in [-0.3, -0.25) is 14.5 Å². The lowest BCUT2D eigenvalue weighted by atomic mass is 9.92. The molecular formula is C15H24NO5P. The van der Waals surface area contributed by atoms with Gasteiger partial charge in [0.2, 0.25) is 5.91 Å². The third-order valence-electron chi connectivity index (χ3n) is 4.16. The number of likely N-dealkylation sites (N-methyl/N-ethyl adjacent to an activating group) is 1. The van der Waals surface area contributed by atoms with Crippen LogP contribution in [0.3, 0.4) is 0 Å². The minimum atomic E-state index is -1.25. The van der Waals surface area contributed by atoms with Crippen LogP contribution in [0.4, 0.5) is 0 Å². The molecule has 22 heavy (non-hydrogen) atoms. The number of hydrogen-bond donors (Lipinski definition) is 2. The van der Waals surface area contributed by atoms with Gasteiger partial charge in [-0.25, -0.2) is 0 Å². The van der Waals surface area contributed by atoms with Crippen LogP contribution < -0.4 is 0 Å². The van der Waals surface area contributed by atoms with Crippen LogP contribution in [0.15, 0.2) is 12.2 Å². The smallest absolute Gasteiger partial charge is 0.252 e. The summed E-state index contributed by atoms with van der Waals surface area (Å²) in [6.45, 7) is 2.93. The second kappa shape index (κ2) is 6.28. The fourth-order valence-corrected chi connectivity index (χ4v) is 3.71. The van der Waals surface area contributed by atoms with Gasteiger partial charge in [-0.15, -0.1) is 13.2 Å². The largest absolute Gasteiger partial charge is 0.388 e. The summed E-state index contributed by atoms with van der Waals surface area (Å²) in [6, 6.07) is 0. The number of imide groups is 1. The lowest BCUT2D eigenvalue weighted by Gasteiger charge is -2.28. The number of aliphatic hydroxyl groups excluding tert-OH is 2. The Morgan fingerprint density at radius 2 is 1.95 bits per heavy atom. The van der Waals surface area contributed by atoms with E-state index in [1.165, 1.54) is 19.2 Å². The van der Waals surface area contributed by atoms with Gasteiger partial charge in [-0.2, -0.15) is 0 Å². The molecule has 0 aromatic rings. The van der Waals surface area contributed by atoms with Crippen molar-refractivity contribution in [2.75, 3.05) is 26.5 Å². The summed E-state index contributed by atoms with van der Waals surface area (Å²) >= 11 is 0. The normalized spacial score (nSPS) is 36.2. The molecule has 7 heteroatoms. The van der Waals surface area contributed by atoms with Crippen molar-refractivity contribution in [2.24, 2.45) is 5.92 Å². The van der Waals surface area contributed by atoms with E-state index in [0.29, 0.717) is 6.42 Å². The Morgan fingerprint density at radius 3 is 2.55 bits per heavy atom. The van der Waals surface area contributed by atoms with Gasteiger partial charge in [0.25, 0.3) is 5.91 Å². The van der Waals surface area contributed by atoms with E-state index in [2.05, 4.69) is 19.6 Å². The highest BCUT2D eigenvalue weighted by atomic mass is 31.2. The van der Waals surface area contributed by atoms with Crippen molar-refractivity contribution in [3.63, 3.8) is 0 Å². The number of carbonyl (C=O) groups is 2. The molecule has 2 rings (SSSR count). The molecule has 1 fully saturated rings. The second-order valence-electron chi connectivity index (χ2n) is 6.69. The standard InChI is InChI=1S/C15H24NO5P/c1-16-11(17)6-5-9(15(16)20)14-13(19)12(18)10(21-14)7-8-22(2,3)4/h5-6,9-10,12-14,18-19H,2,7-8H2,1,3-4H3/t9?,10-,12-,13-,14+/m1/s1.